The number of carbonyl (C=O) groups is 1. The van der Waals surface area contributed by atoms with Crippen molar-refractivity contribution in [2.45, 2.75) is 18.9 Å². The van der Waals surface area contributed by atoms with E-state index in [0.29, 0.717) is 23.9 Å². The first-order valence-electron chi connectivity index (χ1n) is 6.00. The standard InChI is InChI=1S/C11H13ClN6O/c1-17-5-7(2-3-10(17)19)15-9-4-8(12)16-11-13-6-14-18(9)11/h4,6-7,15H,2-3,5H2,1H3. The number of halogens is 1. The van der Waals surface area contributed by atoms with E-state index in [-0.39, 0.29) is 11.9 Å². The Hall–Kier alpha value is -1.89. The van der Waals surface area contributed by atoms with Gasteiger partial charge in [0.05, 0.1) is 0 Å². The molecular formula is C11H13ClN6O. The summed E-state index contributed by atoms with van der Waals surface area (Å²) in [6.45, 7) is 0.662. The summed E-state index contributed by atoms with van der Waals surface area (Å²) in [6.07, 6.45) is 2.77. The molecule has 1 saturated heterocycles. The van der Waals surface area contributed by atoms with Crippen LogP contribution in [0.15, 0.2) is 12.4 Å². The summed E-state index contributed by atoms with van der Waals surface area (Å²) < 4.78 is 1.60. The molecule has 2 aromatic heterocycles. The fourth-order valence-corrected chi connectivity index (χ4v) is 2.40. The molecule has 7 nitrogen and oxygen atoms in total. The predicted molar refractivity (Wildman–Crippen MR) is 70.1 cm³/mol. The molecule has 1 aliphatic rings. The summed E-state index contributed by atoms with van der Waals surface area (Å²) >= 11 is 5.95. The quantitative estimate of drug-likeness (QED) is 0.824. The van der Waals surface area contributed by atoms with Gasteiger partial charge < -0.3 is 10.2 Å². The van der Waals surface area contributed by atoms with E-state index in [1.54, 1.807) is 22.5 Å². The zero-order chi connectivity index (χ0) is 13.4. The average molecular weight is 281 g/mol. The van der Waals surface area contributed by atoms with Gasteiger partial charge in [-0.2, -0.15) is 19.6 Å². The molecule has 0 saturated carbocycles. The second-order valence-corrected chi connectivity index (χ2v) is 4.98. The average Bonchev–Trinajstić information content (AvgIpc) is 2.82. The normalized spacial score (nSPS) is 20.0. The smallest absolute Gasteiger partial charge is 0.255 e. The van der Waals surface area contributed by atoms with Crippen LogP contribution in [0, 0.1) is 0 Å². The van der Waals surface area contributed by atoms with Crippen LogP contribution in [0.3, 0.4) is 0 Å². The fourth-order valence-electron chi connectivity index (χ4n) is 2.23. The lowest BCUT2D eigenvalue weighted by Gasteiger charge is -2.30. The van der Waals surface area contributed by atoms with E-state index in [1.807, 2.05) is 0 Å². The zero-order valence-electron chi connectivity index (χ0n) is 10.4. The zero-order valence-corrected chi connectivity index (χ0v) is 11.1. The molecule has 0 radical (unpaired) electrons. The van der Waals surface area contributed by atoms with Crippen molar-refractivity contribution in [3.63, 3.8) is 0 Å². The lowest BCUT2D eigenvalue weighted by molar-refractivity contribution is -0.132. The molecule has 1 N–H and O–H groups in total. The molecule has 8 heteroatoms. The first-order valence-corrected chi connectivity index (χ1v) is 6.38. The van der Waals surface area contributed by atoms with Gasteiger partial charge >= 0.3 is 0 Å². The van der Waals surface area contributed by atoms with Crippen LogP contribution in [-0.4, -0.2) is 50.0 Å². The molecule has 3 rings (SSSR count). The van der Waals surface area contributed by atoms with Gasteiger partial charge in [-0.15, -0.1) is 0 Å². The number of piperidine rings is 1. The molecule has 1 fully saturated rings. The number of likely N-dealkylation sites (N-methyl/N-ethyl adjacent to an activating group) is 1. The summed E-state index contributed by atoms with van der Waals surface area (Å²) in [4.78, 5) is 21.3. The maximum Gasteiger partial charge on any atom is 0.255 e. The van der Waals surface area contributed by atoms with Crippen molar-refractivity contribution < 1.29 is 4.79 Å². The largest absolute Gasteiger partial charge is 0.365 e. The molecular weight excluding hydrogens is 268 g/mol. The van der Waals surface area contributed by atoms with Crippen molar-refractivity contribution in [2.75, 3.05) is 18.9 Å². The van der Waals surface area contributed by atoms with Gasteiger partial charge in [-0.05, 0) is 6.42 Å². The fraction of sp³-hybridized carbons (Fsp3) is 0.455. The molecule has 3 heterocycles. The van der Waals surface area contributed by atoms with E-state index >= 15 is 0 Å². The minimum Gasteiger partial charge on any atom is -0.365 e. The Morgan fingerprint density at radius 2 is 2.37 bits per heavy atom. The maximum atomic E-state index is 11.5. The van der Waals surface area contributed by atoms with Crippen LogP contribution in [0.25, 0.3) is 5.78 Å². The third-order valence-electron chi connectivity index (χ3n) is 3.20. The van der Waals surface area contributed by atoms with Gasteiger partial charge in [-0.25, -0.2) is 0 Å². The molecule has 0 bridgehead atoms. The van der Waals surface area contributed by atoms with Crippen molar-refractivity contribution in [2.24, 2.45) is 0 Å². The molecule has 100 valence electrons. The minimum absolute atomic E-state index is 0.175. The summed E-state index contributed by atoms with van der Waals surface area (Å²) in [5, 5.41) is 7.81. The van der Waals surface area contributed by atoms with Gasteiger partial charge in [-0.3, -0.25) is 4.79 Å². The van der Waals surface area contributed by atoms with Crippen LogP contribution in [-0.2, 0) is 4.79 Å². The van der Waals surface area contributed by atoms with Crippen molar-refractivity contribution >= 4 is 29.1 Å². The topological polar surface area (TPSA) is 75.4 Å². The molecule has 0 spiro atoms. The monoisotopic (exact) mass is 280 g/mol. The van der Waals surface area contributed by atoms with Gasteiger partial charge in [0, 0.05) is 32.1 Å². The lowest BCUT2D eigenvalue weighted by atomic mass is 10.1. The van der Waals surface area contributed by atoms with Gasteiger partial charge in [0.1, 0.15) is 17.3 Å². The molecule has 1 unspecified atom stereocenters. The number of anilines is 1. The van der Waals surface area contributed by atoms with Crippen LogP contribution < -0.4 is 5.32 Å². The van der Waals surface area contributed by atoms with Crippen LogP contribution in [0.5, 0.6) is 0 Å². The highest BCUT2D eigenvalue weighted by Gasteiger charge is 2.23. The Balaban J connectivity index is 1.85. The number of rotatable bonds is 2. The van der Waals surface area contributed by atoms with E-state index in [0.717, 1.165) is 12.2 Å². The number of nitrogens with zero attached hydrogens (tertiary/aromatic N) is 5. The Labute approximate surface area is 114 Å². The summed E-state index contributed by atoms with van der Waals surface area (Å²) in [6, 6.07) is 1.88. The second-order valence-electron chi connectivity index (χ2n) is 4.59. The van der Waals surface area contributed by atoms with Crippen LogP contribution in [0.2, 0.25) is 5.15 Å². The molecule has 1 aliphatic heterocycles. The van der Waals surface area contributed by atoms with Gasteiger partial charge in [-0.1, -0.05) is 11.6 Å². The van der Waals surface area contributed by atoms with Crippen molar-refractivity contribution in [1.29, 1.82) is 0 Å². The Morgan fingerprint density at radius 3 is 3.16 bits per heavy atom. The summed E-state index contributed by atoms with van der Waals surface area (Å²) in [5.41, 5.74) is 0. The minimum atomic E-state index is 0.175. The van der Waals surface area contributed by atoms with Gasteiger partial charge in [0.25, 0.3) is 5.78 Å². The van der Waals surface area contributed by atoms with Crippen LogP contribution in [0.1, 0.15) is 12.8 Å². The number of amides is 1. The van der Waals surface area contributed by atoms with E-state index < -0.39 is 0 Å². The number of nitrogens with one attached hydrogen (secondary N) is 1. The predicted octanol–water partition coefficient (Wildman–Crippen LogP) is 0.810. The molecule has 1 amide bonds. The van der Waals surface area contributed by atoms with E-state index in [1.165, 1.54) is 6.33 Å². The molecule has 2 aromatic rings. The summed E-state index contributed by atoms with van der Waals surface area (Å²) in [7, 11) is 1.81. The second kappa shape index (κ2) is 4.65. The third-order valence-corrected chi connectivity index (χ3v) is 3.39. The Bertz CT molecular complexity index is 627. The van der Waals surface area contributed by atoms with Crippen molar-refractivity contribution in [1.82, 2.24) is 24.5 Å². The van der Waals surface area contributed by atoms with Gasteiger partial charge in [0.2, 0.25) is 5.91 Å². The number of carbonyl (C=O) groups excluding carboxylic acids is 1. The third kappa shape index (κ3) is 2.33. The highest BCUT2D eigenvalue weighted by atomic mass is 35.5. The maximum absolute atomic E-state index is 11.5. The number of hydrogen-bond donors (Lipinski definition) is 1. The first kappa shape index (κ1) is 12.2. The highest BCUT2D eigenvalue weighted by molar-refractivity contribution is 6.29. The van der Waals surface area contributed by atoms with E-state index in [9.17, 15) is 4.79 Å². The Morgan fingerprint density at radius 1 is 1.53 bits per heavy atom. The summed E-state index contributed by atoms with van der Waals surface area (Å²) in [5.74, 6) is 1.37. The number of aromatic nitrogens is 4. The van der Waals surface area contributed by atoms with Gasteiger partial charge in [0.15, 0.2) is 0 Å². The molecule has 1 atom stereocenters. The Kier molecular flexibility index (Phi) is 2.98. The van der Waals surface area contributed by atoms with E-state index in [2.05, 4.69) is 20.4 Å². The van der Waals surface area contributed by atoms with Crippen molar-refractivity contribution in [3.05, 3.63) is 17.5 Å². The SMILES string of the molecule is CN1CC(Nc2cc(Cl)nc3ncnn23)CCC1=O. The van der Waals surface area contributed by atoms with Crippen LogP contribution in [0.4, 0.5) is 5.82 Å². The number of fused-ring (bicyclic) bond motifs is 1. The first-order chi connectivity index (χ1) is 9.13. The lowest BCUT2D eigenvalue weighted by Crippen LogP contribution is -2.43. The number of hydrogen-bond acceptors (Lipinski definition) is 5. The molecule has 19 heavy (non-hydrogen) atoms. The highest BCUT2D eigenvalue weighted by Crippen LogP contribution is 2.18. The van der Waals surface area contributed by atoms with E-state index in [4.69, 9.17) is 11.6 Å². The van der Waals surface area contributed by atoms with Crippen LogP contribution >= 0.6 is 11.6 Å². The number of likely N-dealkylation sites (tertiary alicyclic amines) is 1. The van der Waals surface area contributed by atoms with Crippen molar-refractivity contribution in [3.8, 4) is 0 Å². The molecule has 0 aliphatic carbocycles. The molecule has 0 aromatic carbocycles.